The second-order valence-corrected chi connectivity index (χ2v) is 11.7. The molecule has 1 atom stereocenters. The quantitative estimate of drug-likeness (QED) is 0.369. The molecule has 3 rings (SSSR count). The molecular weight excluding hydrogens is 508 g/mol. The first-order chi connectivity index (χ1) is 19.0. The van der Waals surface area contributed by atoms with E-state index < -0.39 is 5.60 Å². The molecule has 1 N–H and O–H groups in total. The fraction of sp³-hybridized carbons (Fsp3) is 0.600. The van der Waals surface area contributed by atoms with Gasteiger partial charge in [0.15, 0.2) is 0 Å². The lowest BCUT2D eigenvalue weighted by Gasteiger charge is -2.40. The van der Waals surface area contributed by atoms with E-state index in [1.807, 2.05) is 44.5 Å². The van der Waals surface area contributed by atoms with Crippen LogP contribution in [-0.4, -0.2) is 77.7 Å². The molecule has 1 aromatic heterocycles. The normalized spacial score (nSPS) is 15.1. The van der Waals surface area contributed by atoms with Crippen LogP contribution in [0.4, 0.5) is 16.6 Å². The van der Waals surface area contributed by atoms with Crippen molar-refractivity contribution in [2.75, 3.05) is 50.0 Å². The Labute approximate surface area is 239 Å². The summed E-state index contributed by atoms with van der Waals surface area (Å²) in [6.45, 7) is 17.1. The molecule has 1 amide bonds. The van der Waals surface area contributed by atoms with Crippen LogP contribution in [0.5, 0.6) is 0 Å². The second kappa shape index (κ2) is 14.3. The third kappa shape index (κ3) is 9.08. The summed E-state index contributed by atoms with van der Waals surface area (Å²) in [6.07, 6.45) is 2.51. The molecule has 10 nitrogen and oxygen atoms in total. The van der Waals surface area contributed by atoms with Gasteiger partial charge in [0, 0.05) is 58.6 Å². The van der Waals surface area contributed by atoms with E-state index in [0.717, 1.165) is 43.0 Å². The minimum atomic E-state index is -0.485. The molecular formula is C30H46N6O4. The summed E-state index contributed by atoms with van der Waals surface area (Å²) in [7, 11) is 1.94. The Bertz CT molecular complexity index is 1090. The van der Waals surface area contributed by atoms with E-state index in [0.29, 0.717) is 44.0 Å². The molecule has 220 valence electrons. The number of nitrogens with zero attached hydrogens (tertiary/aromatic N) is 5. The van der Waals surface area contributed by atoms with Crippen LogP contribution in [0.3, 0.4) is 0 Å². The lowest BCUT2D eigenvalue weighted by Crippen LogP contribution is -2.51. The van der Waals surface area contributed by atoms with Crippen LogP contribution >= 0.6 is 0 Å². The van der Waals surface area contributed by atoms with Gasteiger partial charge in [0.1, 0.15) is 18.0 Å². The Balaban J connectivity index is 1.64. The second-order valence-electron chi connectivity index (χ2n) is 11.7. The number of hydrogen-bond acceptors (Lipinski definition) is 9. The zero-order valence-electron chi connectivity index (χ0n) is 25.1. The third-order valence-corrected chi connectivity index (χ3v) is 6.90. The number of ether oxygens (including phenoxy) is 2. The van der Waals surface area contributed by atoms with Crippen LogP contribution < -0.4 is 10.2 Å². The van der Waals surface area contributed by atoms with Gasteiger partial charge in [-0.1, -0.05) is 38.1 Å². The highest BCUT2D eigenvalue weighted by Crippen LogP contribution is 2.29. The van der Waals surface area contributed by atoms with Gasteiger partial charge in [-0.05, 0) is 51.2 Å². The molecule has 0 spiro atoms. The molecule has 2 heterocycles. The number of benzene rings is 1. The van der Waals surface area contributed by atoms with Crippen molar-refractivity contribution in [1.29, 1.82) is 0 Å². The van der Waals surface area contributed by atoms with Crippen LogP contribution in [0, 0.1) is 5.92 Å². The molecule has 1 fully saturated rings. The van der Waals surface area contributed by atoms with Crippen molar-refractivity contribution in [2.24, 2.45) is 5.92 Å². The van der Waals surface area contributed by atoms with E-state index in [9.17, 15) is 9.59 Å². The monoisotopic (exact) mass is 554 g/mol. The number of carbonyl (C=O) groups excluding carboxylic acids is 2. The van der Waals surface area contributed by atoms with E-state index in [2.05, 4.69) is 58.3 Å². The van der Waals surface area contributed by atoms with E-state index in [1.54, 1.807) is 6.20 Å². The van der Waals surface area contributed by atoms with E-state index in [4.69, 9.17) is 9.47 Å². The van der Waals surface area contributed by atoms with Gasteiger partial charge in [0.05, 0.1) is 5.56 Å². The molecule has 1 aromatic carbocycles. The Kier molecular flexibility index (Phi) is 11.1. The highest BCUT2D eigenvalue weighted by atomic mass is 16.6. The van der Waals surface area contributed by atoms with Crippen molar-refractivity contribution in [2.45, 2.75) is 72.8 Å². The van der Waals surface area contributed by atoms with E-state index in [-0.39, 0.29) is 12.7 Å². The molecule has 1 unspecified atom stereocenters. The topological polar surface area (TPSA) is 100 Å². The molecule has 0 bridgehead atoms. The smallest absolute Gasteiger partial charge is 0.410 e. The van der Waals surface area contributed by atoms with Crippen molar-refractivity contribution in [1.82, 2.24) is 19.8 Å². The van der Waals surface area contributed by atoms with Crippen molar-refractivity contribution in [3.63, 3.8) is 0 Å². The summed E-state index contributed by atoms with van der Waals surface area (Å²) in [5, 5.41) is 3.32. The summed E-state index contributed by atoms with van der Waals surface area (Å²) < 4.78 is 10.5. The predicted octanol–water partition coefficient (Wildman–Crippen LogP) is 4.86. The molecule has 0 saturated carbocycles. The van der Waals surface area contributed by atoms with Crippen molar-refractivity contribution in [3.05, 3.63) is 47.2 Å². The van der Waals surface area contributed by atoms with Gasteiger partial charge in [-0.2, -0.15) is 4.98 Å². The van der Waals surface area contributed by atoms with Crippen LogP contribution in [0.25, 0.3) is 0 Å². The zero-order valence-corrected chi connectivity index (χ0v) is 25.1. The van der Waals surface area contributed by atoms with Gasteiger partial charge in [-0.25, -0.2) is 9.78 Å². The minimum Gasteiger partial charge on any atom is -0.463 e. The highest BCUT2D eigenvalue weighted by molar-refractivity contribution is 5.68. The highest BCUT2D eigenvalue weighted by Gasteiger charge is 2.30. The predicted molar refractivity (Wildman–Crippen MR) is 157 cm³/mol. The molecule has 2 aromatic rings. The van der Waals surface area contributed by atoms with Crippen LogP contribution in [0.2, 0.25) is 0 Å². The van der Waals surface area contributed by atoms with Gasteiger partial charge in [0.2, 0.25) is 5.95 Å². The van der Waals surface area contributed by atoms with Crippen molar-refractivity contribution >= 4 is 24.3 Å². The lowest BCUT2D eigenvalue weighted by atomic mass is 9.94. The Morgan fingerprint density at radius 3 is 2.40 bits per heavy atom. The number of carbonyl (C=O) groups is 2. The molecule has 10 heteroatoms. The summed E-state index contributed by atoms with van der Waals surface area (Å²) in [5.41, 5.74) is 2.69. The number of nitrogens with one attached hydrogen (secondary N) is 1. The molecule has 0 radical (unpaired) electrons. The summed E-state index contributed by atoms with van der Waals surface area (Å²) in [4.78, 5) is 38.5. The Hall–Kier alpha value is -3.40. The molecule has 40 heavy (non-hydrogen) atoms. The maximum atomic E-state index is 12.5. The van der Waals surface area contributed by atoms with Gasteiger partial charge >= 0.3 is 6.09 Å². The maximum absolute atomic E-state index is 12.5. The minimum absolute atomic E-state index is 0.137. The largest absolute Gasteiger partial charge is 0.463 e. The number of anilines is 2. The number of rotatable bonds is 12. The van der Waals surface area contributed by atoms with Crippen molar-refractivity contribution < 1.29 is 19.1 Å². The summed E-state index contributed by atoms with van der Waals surface area (Å²) in [6, 6.07) is 9.01. The standard InChI is InChI=1S/C30H46N6O4/c1-8-34(7)27-25(20-39-21-37)19-32-28(33-27)31-18-23-9-11-24(12-10-23)26(17-22(2)3)35-13-15-36(16-14-35)29(38)40-30(4,5)6/h9-12,19,21-22,26H,8,13-18,20H2,1-7H3,(H,31,32,33). The summed E-state index contributed by atoms with van der Waals surface area (Å²) in [5.74, 6) is 1.80. The summed E-state index contributed by atoms with van der Waals surface area (Å²) >= 11 is 0. The maximum Gasteiger partial charge on any atom is 0.410 e. The SMILES string of the molecule is CCN(C)c1nc(NCc2ccc(C(CC(C)C)N3CCN(C(=O)OC(C)(C)C)CC3)cc2)ncc1COC=O. The first-order valence-electron chi connectivity index (χ1n) is 14.2. The first kappa shape index (κ1) is 31.1. The molecule has 1 aliphatic heterocycles. The third-order valence-electron chi connectivity index (χ3n) is 6.90. The van der Waals surface area contributed by atoms with Crippen molar-refractivity contribution in [3.8, 4) is 0 Å². The average Bonchev–Trinajstić information content (AvgIpc) is 2.93. The molecule has 1 saturated heterocycles. The first-order valence-corrected chi connectivity index (χ1v) is 14.2. The fourth-order valence-corrected chi connectivity index (χ4v) is 4.71. The van der Waals surface area contributed by atoms with Gasteiger partial charge in [-0.3, -0.25) is 9.69 Å². The van der Waals surface area contributed by atoms with E-state index in [1.165, 1.54) is 5.56 Å². The Morgan fingerprint density at radius 1 is 1.15 bits per heavy atom. The zero-order chi connectivity index (χ0) is 29.3. The van der Waals surface area contributed by atoms with Gasteiger partial charge in [0.25, 0.3) is 6.47 Å². The average molecular weight is 555 g/mol. The lowest BCUT2D eigenvalue weighted by molar-refractivity contribution is -0.129. The number of amides is 1. The molecule has 1 aliphatic rings. The Morgan fingerprint density at radius 2 is 1.82 bits per heavy atom. The van der Waals surface area contributed by atoms with Crippen LogP contribution in [0.15, 0.2) is 30.5 Å². The molecule has 0 aliphatic carbocycles. The van der Waals surface area contributed by atoms with Gasteiger partial charge < -0.3 is 24.6 Å². The van der Waals surface area contributed by atoms with Crippen LogP contribution in [0.1, 0.15) is 70.7 Å². The number of aromatic nitrogens is 2. The number of hydrogen-bond donors (Lipinski definition) is 1. The van der Waals surface area contributed by atoms with Crippen LogP contribution in [-0.2, 0) is 27.4 Å². The van der Waals surface area contributed by atoms with Gasteiger partial charge in [-0.15, -0.1) is 0 Å². The number of piperazine rings is 1. The van der Waals surface area contributed by atoms with E-state index >= 15 is 0 Å². The fourth-order valence-electron chi connectivity index (χ4n) is 4.71.